The van der Waals surface area contributed by atoms with Crippen molar-refractivity contribution in [2.45, 2.75) is 19.8 Å². The second kappa shape index (κ2) is 6.97. The van der Waals surface area contributed by atoms with Crippen molar-refractivity contribution < 1.29 is 9.53 Å². The van der Waals surface area contributed by atoms with Crippen LogP contribution in [0.15, 0.2) is 42.2 Å². The predicted molar refractivity (Wildman–Crippen MR) is 85.0 cm³/mol. The number of likely N-dealkylation sites (N-methyl/N-ethyl adjacent to an activating group) is 1. The summed E-state index contributed by atoms with van der Waals surface area (Å²) in [6.07, 6.45) is 5.75. The summed E-state index contributed by atoms with van der Waals surface area (Å²) in [5.74, 6) is -0.294. The van der Waals surface area contributed by atoms with Crippen LogP contribution in [-0.4, -0.2) is 24.2 Å². The van der Waals surface area contributed by atoms with Gasteiger partial charge in [-0.3, -0.25) is 0 Å². The van der Waals surface area contributed by atoms with Gasteiger partial charge >= 0.3 is 5.97 Å². The topological polar surface area (TPSA) is 43.3 Å². The van der Waals surface area contributed by atoms with Gasteiger partial charge in [0, 0.05) is 31.2 Å². The molecule has 21 heavy (non-hydrogen) atoms. The Morgan fingerprint density at radius 1 is 1.38 bits per heavy atom. The van der Waals surface area contributed by atoms with E-state index in [1.54, 1.807) is 14.0 Å². The number of hydrogen-bond acceptors (Lipinski definition) is 3. The molecule has 0 unspecified atom stereocenters. The van der Waals surface area contributed by atoms with Crippen molar-refractivity contribution in [1.82, 2.24) is 9.88 Å². The number of aromatic nitrogens is 1. The Hall–Kier alpha value is -2.23. The Labute approximate surface area is 125 Å². The van der Waals surface area contributed by atoms with E-state index in [2.05, 4.69) is 41.3 Å². The molecular formula is C17H22N2O2. The zero-order chi connectivity index (χ0) is 15.2. The number of fused-ring (bicyclic) bond motifs is 1. The fourth-order valence-corrected chi connectivity index (χ4v) is 2.49. The van der Waals surface area contributed by atoms with E-state index in [1.165, 1.54) is 16.5 Å². The van der Waals surface area contributed by atoms with Gasteiger partial charge in [0.1, 0.15) is 5.70 Å². The third-order valence-electron chi connectivity index (χ3n) is 3.51. The Kier molecular flexibility index (Phi) is 5.04. The largest absolute Gasteiger partial charge is 0.461 e. The summed E-state index contributed by atoms with van der Waals surface area (Å²) in [7, 11) is 3.79. The van der Waals surface area contributed by atoms with Crippen LogP contribution in [0.25, 0.3) is 10.9 Å². The number of esters is 1. The highest BCUT2D eigenvalue weighted by Crippen LogP contribution is 2.21. The van der Waals surface area contributed by atoms with E-state index in [4.69, 9.17) is 4.74 Å². The first-order valence-corrected chi connectivity index (χ1v) is 7.25. The number of benzene rings is 1. The van der Waals surface area contributed by atoms with E-state index in [-0.39, 0.29) is 5.97 Å². The zero-order valence-electron chi connectivity index (χ0n) is 12.8. The standard InChI is InChI=1S/C17H22N2O2/c1-4-21-17(20)15(18-2)10-7-8-13-12-19(3)16-11-6-5-9-14(13)16/h5-6,9-12,18H,4,7-8H2,1-3H3/b15-10-. The van der Waals surface area contributed by atoms with Crippen LogP contribution < -0.4 is 5.32 Å². The minimum atomic E-state index is -0.294. The Bertz CT molecular complexity index is 656. The van der Waals surface area contributed by atoms with Gasteiger partial charge in [0.2, 0.25) is 0 Å². The minimum Gasteiger partial charge on any atom is -0.461 e. The normalized spacial score (nSPS) is 11.7. The summed E-state index contributed by atoms with van der Waals surface area (Å²) in [5, 5.41) is 4.17. The second-order valence-electron chi connectivity index (χ2n) is 4.91. The molecule has 4 nitrogen and oxygen atoms in total. The number of nitrogens with one attached hydrogen (secondary N) is 1. The lowest BCUT2D eigenvalue weighted by molar-refractivity contribution is -0.138. The molecule has 0 amide bonds. The molecular weight excluding hydrogens is 264 g/mol. The monoisotopic (exact) mass is 286 g/mol. The molecule has 0 aliphatic rings. The molecule has 0 atom stereocenters. The Morgan fingerprint density at radius 3 is 2.86 bits per heavy atom. The molecule has 1 aromatic carbocycles. The smallest absolute Gasteiger partial charge is 0.354 e. The van der Waals surface area contributed by atoms with Crippen LogP contribution >= 0.6 is 0 Å². The third-order valence-corrected chi connectivity index (χ3v) is 3.51. The number of hydrogen-bond donors (Lipinski definition) is 1. The van der Waals surface area contributed by atoms with E-state index in [1.807, 2.05) is 12.1 Å². The van der Waals surface area contributed by atoms with Gasteiger partial charge in [-0.1, -0.05) is 24.3 Å². The highest BCUT2D eigenvalue weighted by molar-refractivity contribution is 5.87. The van der Waals surface area contributed by atoms with E-state index in [9.17, 15) is 4.79 Å². The summed E-state index contributed by atoms with van der Waals surface area (Å²) in [4.78, 5) is 11.7. The van der Waals surface area contributed by atoms with Crippen molar-refractivity contribution in [3.63, 3.8) is 0 Å². The lowest BCUT2D eigenvalue weighted by atomic mass is 10.1. The molecule has 0 aliphatic carbocycles. The molecule has 2 aromatic rings. The Balaban J connectivity index is 2.09. The number of para-hydroxylation sites is 1. The van der Waals surface area contributed by atoms with Crippen LogP contribution in [0.4, 0.5) is 0 Å². The van der Waals surface area contributed by atoms with Crippen molar-refractivity contribution >= 4 is 16.9 Å². The molecule has 4 heteroatoms. The van der Waals surface area contributed by atoms with E-state index >= 15 is 0 Å². The molecule has 0 saturated carbocycles. The number of carbonyl (C=O) groups excluding carboxylic acids is 1. The number of allylic oxidation sites excluding steroid dienone is 1. The molecule has 2 rings (SSSR count). The van der Waals surface area contributed by atoms with Gasteiger partial charge in [-0.15, -0.1) is 0 Å². The van der Waals surface area contributed by atoms with Gasteiger partial charge in [0.05, 0.1) is 6.61 Å². The first kappa shape index (κ1) is 15.2. The molecule has 0 aliphatic heterocycles. The molecule has 0 radical (unpaired) electrons. The summed E-state index contributed by atoms with van der Waals surface area (Å²) >= 11 is 0. The van der Waals surface area contributed by atoms with Gasteiger partial charge < -0.3 is 14.6 Å². The quantitative estimate of drug-likeness (QED) is 0.656. The lowest BCUT2D eigenvalue weighted by Gasteiger charge is -2.05. The lowest BCUT2D eigenvalue weighted by Crippen LogP contribution is -2.18. The second-order valence-corrected chi connectivity index (χ2v) is 4.91. The van der Waals surface area contributed by atoms with Crippen molar-refractivity contribution in [1.29, 1.82) is 0 Å². The molecule has 0 fully saturated rings. The number of aryl methyl sites for hydroxylation is 2. The van der Waals surface area contributed by atoms with Crippen LogP contribution in [-0.2, 0) is 23.0 Å². The van der Waals surface area contributed by atoms with E-state index in [0.29, 0.717) is 12.3 Å². The minimum absolute atomic E-state index is 0.294. The molecule has 0 bridgehead atoms. The molecule has 112 valence electrons. The van der Waals surface area contributed by atoms with Crippen LogP contribution in [0, 0.1) is 0 Å². The molecule has 1 aromatic heterocycles. The van der Waals surface area contributed by atoms with Crippen LogP contribution in [0.1, 0.15) is 18.9 Å². The number of ether oxygens (including phenoxy) is 1. The van der Waals surface area contributed by atoms with E-state index < -0.39 is 0 Å². The average molecular weight is 286 g/mol. The van der Waals surface area contributed by atoms with Gasteiger partial charge in [-0.2, -0.15) is 0 Å². The fraction of sp³-hybridized carbons (Fsp3) is 0.353. The van der Waals surface area contributed by atoms with Gasteiger partial charge in [0.15, 0.2) is 0 Å². The van der Waals surface area contributed by atoms with Crippen LogP contribution in [0.3, 0.4) is 0 Å². The van der Waals surface area contributed by atoms with Gasteiger partial charge in [-0.05, 0) is 31.4 Å². The maximum absolute atomic E-state index is 11.7. The molecule has 0 spiro atoms. The third kappa shape index (κ3) is 3.45. The Morgan fingerprint density at radius 2 is 2.14 bits per heavy atom. The molecule has 1 N–H and O–H groups in total. The van der Waals surface area contributed by atoms with E-state index in [0.717, 1.165) is 12.8 Å². The first-order chi connectivity index (χ1) is 10.2. The number of nitrogens with zero attached hydrogens (tertiary/aromatic N) is 1. The van der Waals surface area contributed by atoms with Crippen molar-refractivity contribution in [2.24, 2.45) is 7.05 Å². The predicted octanol–water partition coefficient (Wildman–Crippen LogP) is 2.78. The fourth-order valence-electron chi connectivity index (χ4n) is 2.49. The average Bonchev–Trinajstić information content (AvgIpc) is 2.81. The number of carbonyl (C=O) groups is 1. The molecule has 1 heterocycles. The number of rotatable bonds is 6. The summed E-state index contributed by atoms with van der Waals surface area (Å²) < 4.78 is 7.14. The van der Waals surface area contributed by atoms with Crippen LogP contribution in [0.2, 0.25) is 0 Å². The summed E-state index contributed by atoms with van der Waals surface area (Å²) in [6, 6.07) is 8.36. The molecule has 0 saturated heterocycles. The highest BCUT2D eigenvalue weighted by Gasteiger charge is 2.09. The summed E-state index contributed by atoms with van der Waals surface area (Å²) in [5.41, 5.74) is 3.05. The highest BCUT2D eigenvalue weighted by atomic mass is 16.5. The van der Waals surface area contributed by atoms with Crippen molar-refractivity contribution in [3.8, 4) is 0 Å². The van der Waals surface area contributed by atoms with Crippen LogP contribution in [0.5, 0.6) is 0 Å². The van der Waals surface area contributed by atoms with Gasteiger partial charge in [-0.25, -0.2) is 4.79 Å². The van der Waals surface area contributed by atoms with Gasteiger partial charge in [0.25, 0.3) is 0 Å². The van der Waals surface area contributed by atoms with Crippen molar-refractivity contribution in [3.05, 3.63) is 47.8 Å². The first-order valence-electron chi connectivity index (χ1n) is 7.25. The summed E-state index contributed by atoms with van der Waals surface area (Å²) in [6.45, 7) is 2.20. The maximum atomic E-state index is 11.7. The van der Waals surface area contributed by atoms with Crippen molar-refractivity contribution in [2.75, 3.05) is 13.7 Å². The zero-order valence-corrected chi connectivity index (χ0v) is 12.8. The maximum Gasteiger partial charge on any atom is 0.354 e. The SMILES string of the molecule is CCOC(=O)/C(=C/CCc1cn(C)c2ccccc12)NC.